The normalized spacial score (nSPS) is 37.2. The highest BCUT2D eigenvalue weighted by atomic mass is 79.9. The van der Waals surface area contributed by atoms with Crippen molar-refractivity contribution in [3.05, 3.63) is 0 Å². The van der Waals surface area contributed by atoms with Crippen LogP contribution in [-0.4, -0.2) is 18.2 Å². The summed E-state index contributed by atoms with van der Waals surface area (Å²) in [5.41, 5.74) is 0. The monoisotopic (exact) mass is 186 g/mol. The molecule has 0 spiro atoms. The molecular weight excluding hydrogens is 176 g/mol. The van der Waals surface area contributed by atoms with Gasteiger partial charge in [-0.2, -0.15) is 0 Å². The van der Waals surface area contributed by atoms with E-state index in [2.05, 4.69) is 19.8 Å². The van der Waals surface area contributed by atoms with Crippen LogP contribution < -0.4 is 0 Å². The van der Waals surface area contributed by atoms with Crippen molar-refractivity contribution in [1.29, 1.82) is 0 Å². The van der Waals surface area contributed by atoms with Gasteiger partial charge in [0.2, 0.25) is 0 Å². The van der Waals surface area contributed by atoms with E-state index in [0.29, 0.717) is 0 Å². The van der Waals surface area contributed by atoms with Crippen LogP contribution in [-0.2, 0) is 0 Å². The Kier molecular flexibility index (Phi) is 3.15. The van der Waals surface area contributed by atoms with Gasteiger partial charge in [-0.3, -0.25) is 0 Å². The zero-order chi connectivity index (χ0) is 5.98. The number of hydrogen-bond donors (Lipinski definition) is 0. The molecule has 0 aliphatic heterocycles. The van der Waals surface area contributed by atoms with Gasteiger partial charge < -0.3 is 12.9 Å². The molecule has 0 N–H and O–H groups in total. The second kappa shape index (κ2) is 3.42. The van der Waals surface area contributed by atoms with E-state index in [1.807, 2.05) is 0 Å². The van der Waals surface area contributed by atoms with Gasteiger partial charge in [-0.25, -0.2) is 0 Å². The summed E-state index contributed by atoms with van der Waals surface area (Å²) in [5, 5.41) is 0. The predicted molar refractivity (Wildman–Crippen MR) is 41.4 cm³/mol. The zero-order valence-corrected chi connectivity index (χ0v) is 8.36. The fourth-order valence-electron chi connectivity index (χ4n) is 1.45. The first-order valence-corrected chi connectivity index (χ1v) is 8.12. The smallest absolute Gasteiger partial charge is 0.306 e. The number of hydrogen-bond acceptors (Lipinski definition) is 0. The van der Waals surface area contributed by atoms with E-state index in [1.54, 1.807) is 0 Å². The van der Waals surface area contributed by atoms with Gasteiger partial charge >= 0.3 is 18.2 Å². The van der Waals surface area contributed by atoms with E-state index in [-0.39, 0.29) is 18.2 Å². The first-order valence-electron chi connectivity index (χ1n) is 3.40. The highest BCUT2D eigenvalue weighted by Gasteiger charge is 2.22. The number of rotatable bonds is 1. The standard InChI is InChI=1S/C6H11.BrH.Mg/c1-6-4-2-3-5-6;;/h4,6H,2-3,5H2,1H3;1H;/q;;+1/p-1. The van der Waals surface area contributed by atoms with Crippen LogP contribution in [0.15, 0.2) is 0 Å². The van der Waals surface area contributed by atoms with Gasteiger partial charge in [0.15, 0.2) is 0 Å². The Morgan fingerprint density at radius 1 is 1.50 bits per heavy atom. The molecule has 1 fully saturated rings. The summed E-state index contributed by atoms with van der Waals surface area (Å²) in [4.78, 5) is 0. The van der Waals surface area contributed by atoms with Crippen molar-refractivity contribution in [3.63, 3.8) is 0 Å². The molecule has 0 bridgehead atoms. The molecule has 0 aromatic carbocycles. The van der Waals surface area contributed by atoms with Crippen LogP contribution in [0, 0.1) is 5.92 Å². The molecule has 8 heavy (non-hydrogen) atoms. The minimum Gasteiger partial charge on any atom is -0.306 e. The average Bonchev–Trinajstić information content (AvgIpc) is 2.14. The first kappa shape index (κ1) is 7.35. The minimum absolute atomic E-state index is 0.155. The summed E-state index contributed by atoms with van der Waals surface area (Å²) >= 11 is 3.81. The molecule has 44 valence electrons. The van der Waals surface area contributed by atoms with Crippen molar-refractivity contribution in [2.24, 2.45) is 5.92 Å². The van der Waals surface area contributed by atoms with Crippen molar-refractivity contribution >= 4 is 31.1 Å². The Balaban J connectivity index is 2.30. The molecule has 1 saturated carbocycles. The summed E-state index contributed by atoms with van der Waals surface area (Å²) in [6, 6.07) is 0. The van der Waals surface area contributed by atoms with Gasteiger partial charge in [0.25, 0.3) is 0 Å². The SMILES string of the molecule is CC1CCC[CH]1[Mg][Br]. The van der Waals surface area contributed by atoms with Crippen molar-refractivity contribution in [2.75, 3.05) is 0 Å². The van der Waals surface area contributed by atoms with Gasteiger partial charge in [0.05, 0.1) is 0 Å². The van der Waals surface area contributed by atoms with Gasteiger partial charge in [0, 0.05) is 0 Å². The molecule has 1 rings (SSSR count). The Labute approximate surface area is 67.0 Å². The lowest BCUT2D eigenvalue weighted by Gasteiger charge is -2.08. The molecule has 0 radical (unpaired) electrons. The molecule has 0 nitrogen and oxygen atoms in total. The van der Waals surface area contributed by atoms with Crippen LogP contribution in [0.3, 0.4) is 0 Å². The maximum Gasteiger partial charge on any atom is 0.472 e. The highest BCUT2D eigenvalue weighted by molar-refractivity contribution is 9.23. The van der Waals surface area contributed by atoms with Gasteiger partial charge in [-0.05, 0) is 0 Å². The molecule has 0 aromatic heterocycles. The third-order valence-electron chi connectivity index (χ3n) is 2.24. The maximum atomic E-state index is 3.66. The van der Waals surface area contributed by atoms with E-state index in [4.69, 9.17) is 0 Å². The van der Waals surface area contributed by atoms with E-state index in [1.165, 1.54) is 19.3 Å². The fourth-order valence-corrected chi connectivity index (χ4v) is 5.32. The third-order valence-corrected chi connectivity index (χ3v) is 6.34. The van der Waals surface area contributed by atoms with Crippen LogP contribution >= 0.6 is 12.9 Å². The van der Waals surface area contributed by atoms with E-state index < -0.39 is 0 Å². The van der Waals surface area contributed by atoms with Crippen molar-refractivity contribution in [2.45, 2.75) is 30.2 Å². The Morgan fingerprint density at radius 2 is 2.25 bits per heavy atom. The molecule has 0 amide bonds. The summed E-state index contributed by atoms with van der Waals surface area (Å²) in [6.45, 7) is 2.39. The third kappa shape index (κ3) is 1.61. The second-order valence-electron chi connectivity index (χ2n) is 2.82. The lowest BCUT2D eigenvalue weighted by Crippen LogP contribution is -1.99. The van der Waals surface area contributed by atoms with Crippen LogP contribution in [0.2, 0.25) is 4.05 Å². The molecule has 1 aliphatic rings. The summed E-state index contributed by atoms with van der Waals surface area (Å²) in [7, 11) is 0. The molecule has 2 atom stereocenters. The summed E-state index contributed by atoms with van der Waals surface area (Å²) in [6.07, 6.45) is 4.49. The minimum atomic E-state index is 0.155. The summed E-state index contributed by atoms with van der Waals surface area (Å²) < 4.78 is 1.12. The number of halogens is 1. The molecule has 0 aromatic rings. The fraction of sp³-hybridized carbons (Fsp3) is 1.00. The molecule has 2 unspecified atom stereocenters. The van der Waals surface area contributed by atoms with E-state index in [9.17, 15) is 0 Å². The molecule has 1 aliphatic carbocycles. The maximum absolute atomic E-state index is 3.66. The largest absolute Gasteiger partial charge is 0.472 e. The predicted octanol–water partition coefficient (Wildman–Crippen LogP) is 2.61. The lowest BCUT2D eigenvalue weighted by atomic mass is 10.1. The molecular formula is C6H11BrMg. The quantitative estimate of drug-likeness (QED) is 0.554. The average molecular weight is 187 g/mol. The highest BCUT2D eigenvalue weighted by Crippen LogP contribution is 2.36. The molecule has 0 heterocycles. The topological polar surface area (TPSA) is 0 Å². The van der Waals surface area contributed by atoms with Crippen LogP contribution in [0.4, 0.5) is 0 Å². The van der Waals surface area contributed by atoms with Crippen LogP contribution in [0.1, 0.15) is 26.2 Å². The van der Waals surface area contributed by atoms with Gasteiger partial charge in [-0.15, -0.1) is 4.05 Å². The van der Waals surface area contributed by atoms with Crippen LogP contribution in [0.5, 0.6) is 0 Å². The zero-order valence-electron chi connectivity index (χ0n) is 5.36. The van der Waals surface area contributed by atoms with Gasteiger partial charge in [-0.1, -0.05) is 32.1 Å². The van der Waals surface area contributed by atoms with Crippen molar-refractivity contribution in [3.8, 4) is 0 Å². The Hall–Kier alpha value is 1.25. The molecule has 2 heteroatoms. The molecule has 0 saturated heterocycles. The summed E-state index contributed by atoms with van der Waals surface area (Å²) in [5.74, 6) is 1.04. The van der Waals surface area contributed by atoms with E-state index in [0.717, 1.165) is 9.97 Å². The first-order chi connectivity index (χ1) is 3.84. The van der Waals surface area contributed by atoms with Crippen molar-refractivity contribution in [1.82, 2.24) is 0 Å². The lowest BCUT2D eigenvalue weighted by molar-refractivity contribution is 0.610. The van der Waals surface area contributed by atoms with E-state index >= 15 is 0 Å². The van der Waals surface area contributed by atoms with Gasteiger partial charge in [0.1, 0.15) is 0 Å². The Morgan fingerprint density at radius 3 is 2.50 bits per heavy atom. The van der Waals surface area contributed by atoms with Crippen LogP contribution in [0.25, 0.3) is 0 Å². The second-order valence-corrected chi connectivity index (χ2v) is 6.12. The Bertz CT molecular complexity index is 74.9. The van der Waals surface area contributed by atoms with Crippen molar-refractivity contribution < 1.29 is 0 Å².